The van der Waals surface area contributed by atoms with E-state index in [0.717, 1.165) is 6.54 Å². The monoisotopic (exact) mass is 122 g/mol. The van der Waals surface area contributed by atoms with Gasteiger partial charge in [-0.3, -0.25) is 0 Å². The summed E-state index contributed by atoms with van der Waals surface area (Å²) < 4.78 is 2.16. The molecule has 1 heterocycles. The van der Waals surface area contributed by atoms with E-state index >= 15 is 0 Å². The summed E-state index contributed by atoms with van der Waals surface area (Å²) >= 11 is 0. The largest absolute Gasteiger partial charge is 0.205 e. The molecule has 48 valence electrons. The molecule has 1 nitrogen and oxygen atoms in total. The third-order valence-corrected chi connectivity index (χ3v) is 1.37. The molecule has 0 saturated carbocycles. The van der Waals surface area contributed by atoms with Gasteiger partial charge in [-0.25, -0.2) is 4.57 Å². The van der Waals surface area contributed by atoms with E-state index in [1.165, 1.54) is 5.56 Å². The first-order valence-electron chi connectivity index (χ1n) is 3.28. The molecule has 1 heteroatoms. The Hall–Kier alpha value is -0.850. The maximum absolute atomic E-state index is 2.16. The molecule has 0 aliphatic heterocycles. The van der Waals surface area contributed by atoms with E-state index in [2.05, 4.69) is 42.9 Å². The Morgan fingerprint density at radius 1 is 1.56 bits per heavy atom. The predicted molar refractivity (Wildman–Crippen MR) is 37.0 cm³/mol. The number of rotatable bonds is 1. The van der Waals surface area contributed by atoms with Gasteiger partial charge >= 0.3 is 0 Å². The fourth-order valence-corrected chi connectivity index (χ4v) is 0.850. The smallest absolute Gasteiger partial charge is 0.171 e. The standard InChI is InChI=1S/C8H12N/c1-3-9-6-4-5-8(2)7-9/h4-7H,3H2,1-2H3/q+1. The number of aryl methyl sites for hydroxylation is 2. The molecule has 0 amide bonds. The molecule has 0 spiro atoms. The van der Waals surface area contributed by atoms with E-state index in [1.54, 1.807) is 0 Å². The third-order valence-electron chi connectivity index (χ3n) is 1.37. The molecule has 0 aliphatic rings. The molecule has 0 bridgehead atoms. The Balaban J connectivity index is 2.94. The van der Waals surface area contributed by atoms with Crippen molar-refractivity contribution >= 4 is 0 Å². The topological polar surface area (TPSA) is 3.88 Å². The van der Waals surface area contributed by atoms with Gasteiger partial charge in [0.1, 0.15) is 6.54 Å². The summed E-state index contributed by atoms with van der Waals surface area (Å²) in [5.41, 5.74) is 1.32. The van der Waals surface area contributed by atoms with E-state index in [4.69, 9.17) is 0 Å². The van der Waals surface area contributed by atoms with Crippen molar-refractivity contribution in [1.29, 1.82) is 0 Å². The molecular formula is C8H12N+. The van der Waals surface area contributed by atoms with Crippen LogP contribution in [0.4, 0.5) is 0 Å². The molecule has 0 N–H and O–H groups in total. The third kappa shape index (κ3) is 1.53. The molecule has 1 aromatic rings. The summed E-state index contributed by atoms with van der Waals surface area (Å²) in [6.07, 6.45) is 4.22. The highest BCUT2D eigenvalue weighted by Gasteiger charge is 1.92. The van der Waals surface area contributed by atoms with Gasteiger partial charge in [-0.1, -0.05) is 0 Å². The Bertz CT molecular complexity index is 194. The van der Waals surface area contributed by atoms with Gasteiger partial charge in [0.25, 0.3) is 0 Å². The molecule has 1 rings (SSSR count). The van der Waals surface area contributed by atoms with Crippen LogP contribution in [0.3, 0.4) is 0 Å². The van der Waals surface area contributed by atoms with Crippen molar-refractivity contribution in [2.75, 3.05) is 0 Å². The van der Waals surface area contributed by atoms with Crippen molar-refractivity contribution in [3.05, 3.63) is 30.1 Å². The zero-order chi connectivity index (χ0) is 6.69. The zero-order valence-corrected chi connectivity index (χ0v) is 5.96. The highest BCUT2D eigenvalue weighted by molar-refractivity contribution is 5.01. The van der Waals surface area contributed by atoms with E-state index in [0.29, 0.717) is 0 Å². The van der Waals surface area contributed by atoms with E-state index in [1.807, 2.05) is 0 Å². The van der Waals surface area contributed by atoms with Gasteiger partial charge in [0.2, 0.25) is 0 Å². The fourth-order valence-electron chi connectivity index (χ4n) is 0.850. The van der Waals surface area contributed by atoms with Crippen molar-refractivity contribution in [3.8, 4) is 0 Å². The van der Waals surface area contributed by atoms with Gasteiger partial charge in [-0.2, -0.15) is 0 Å². The van der Waals surface area contributed by atoms with Crippen LogP contribution in [0.1, 0.15) is 12.5 Å². The SMILES string of the molecule is CC[n+]1cccc(C)c1. The lowest BCUT2D eigenvalue weighted by Crippen LogP contribution is -2.30. The summed E-state index contributed by atoms with van der Waals surface area (Å²) in [7, 11) is 0. The Kier molecular flexibility index (Phi) is 1.83. The first-order valence-corrected chi connectivity index (χ1v) is 3.28. The molecule has 0 radical (unpaired) electrons. The van der Waals surface area contributed by atoms with Crippen LogP contribution in [0.15, 0.2) is 24.5 Å². The van der Waals surface area contributed by atoms with Crippen LogP contribution in [0.25, 0.3) is 0 Å². The summed E-state index contributed by atoms with van der Waals surface area (Å²) in [4.78, 5) is 0. The van der Waals surface area contributed by atoms with Crippen LogP contribution in [0.2, 0.25) is 0 Å². The van der Waals surface area contributed by atoms with Crippen LogP contribution in [0.5, 0.6) is 0 Å². The molecule has 9 heavy (non-hydrogen) atoms. The molecule has 0 aromatic carbocycles. The number of hydrogen-bond acceptors (Lipinski definition) is 0. The number of nitrogens with zero attached hydrogens (tertiary/aromatic N) is 1. The minimum Gasteiger partial charge on any atom is -0.205 e. The number of pyridine rings is 1. The minimum atomic E-state index is 1.06. The Morgan fingerprint density at radius 2 is 2.33 bits per heavy atom. The molecule has 0 aliphatic carbocycles. The normalized spacial score (nSPS) is 9.56. The van der Waals surface area contributed by atoms with Gasteiger partial charge in [-0.05, 0) is 19.9 Å². The average molecular weight is 122 g/mol. The van der Waals surface area contributed by atoms with Gasteiger partial charge in [-0.15, -0.1) is 0 Å². The number of hydrogen-bond donors (Lipinski definition) is 0. The first kappa shape index (κ1) is 6.27. The second kappa shape index (κ2) is 2.62. The van der Waals surface area contributed by atoms with Crippen molar-refractivity contribution in [2.24, 2.45) is 0 Å². The van der Waals surface area contributed by atoms with E-state index in [-0.39, 0.29) is 0 Å². The summed E-state index contributed by atoms with van der Waals surface area (Å²) in [6.45, 7) is 5.30. The predicted octanol–water partition coefficient (Wildman–Crippen LogP) is 1.30. The Labute approximate surface area is 56.0 Å². The van der Waals surface area contributed by atoms with Crippen LogP contribution in [-0.2, 0) is 6.54 Å². The molecule has 0 fully saturated rings. The van der Waals surface area contributed by atoms with Gasteiger partial charge in [0, 0.05) is 11.6 Å². The lowest BCUT2D eigenvalue weighted by atomic mass is 10.3. The van der Waals surface area contributed by atoms with Crippen LogP contribution >= 0.6 is 0 Å². The quantitative estimate of drug-likeness (QED) is 0.494. The fraction of sp³-hybridized carbons (Fsp3) is 0.375. The van der Waals surface area contributed by atoms with Gasteiger partial charge in [0.15, 0.2) is 12.4 Å². The van der Waals surface area contributed by atoms with Crippen molar-refractivity contribution < 1.29 is 4.57 Å². The summed E-state index contributed by atoms with van der Waals surface area (Å²) in [5.74, 6) is 0. The van der Waals surface area contributed by atoms with Crippen LogP contribution < -0.4 is 4.57 Å². The highest BCUT2D eigenvalue weighted by atomic mass is 14.9. The minimum absolute atomic E-state index is 1.06. The average Bonchev–Trinajstić information content (AvgIpc) is 1.88. The van der Waals surface area contributed by atoms with Crippen LogP contribution in [-0.4, -0.2) is 0 Å². The molecular weight excluding hydrogens is 110 g/mol. The maximum Gasteiger partial charge on any atom is 0.171 e. The molecule has 0 saturated heterocycles. The van der Waals surface area contributed by atoms with Crippen LogP contribution in [0, 0.1) is 6.92 Å². The second-order valence-corrected chi connectivity index (χ2v) is 2.21. The van der Waals surface area contributed by atoms with Crippen molar-refractivity contribution in [1.82, 2.24) is 0 Å². The first-order chi connectivity index (χ1) is 4.33. The van der Waals surface area contributed by atoms with Crippen molar-refractivity contribution in [2.45, 2.75) is 20.4 Å². The lowest BCUT2D eigenvalue weighted by molar-refractivity contribution is -0.693. The van der Waals surface area contributed by atoms with E-state index in [9.17, 15) is 0 Å². The molecule has 0 atom stereocenters. The summed E-state index contributed by atoms with van der Waals surface area (Å²) in [6, 6.07) is 4.17. The van der Waals surface area contributed by atoms with Gasteiger partial charge < -0.3 is 0 Å². The summed E-state index contributed by atoms with van der Waals surface area (Å²) in [5, 5.41) is 0. The second-order valence-electron chi connectivity index (χ2n) is 2.21. The lowest BCUT2D eigenvalue weighted by Gasteiger charge is -1.90. The number of aromatic nitrogens is 1. The van der Waals surface area contributed by atoms with E-state index < -0.39 is 0 Å². The molecule has 1 aromatic heterocycles. The van der Waals surface area contributed by atoms with Crippen molar-refractivity contribution in [3.63, 3.8) is 0 Å². The van der Waals surface area contributed by atoms with Gasteiger partial charge in [0.05, 0.1) is 0 Å². The maximum atomic E-state index is 2.16. The Morgan fingerprint density at radius 3 is 2.78 bits per heavy atom. The highest BCUT2D eigenvalue weighted by Crippen LogP contribution is 1.88. The molecule has 0 unspecified atom stereocenters. The zero-order valence-electron chi connectivity index (χ0n) is 5.96.